The minimum absolute atomic E-state index is 0.00984. The number of para-hydroxylation sites is 1. The number of hydrogen-bond acceptors (Lipinski definition) is 3. The standard InChI is InChI=1S/C13H18N2O2/c1-2-17-11-5-3-4-9-8-10(6-7-14)13(16)15-12(9)11/h3-5,10H,2,6-8,14H2,1H3,(H,15,16). The molecule has 1 aliphatic heterocycles. The van der Waals surface area contributed by atoms with Crippen molar-refractivity contribution in [3.63, 3.8) is 0 Å². The van der Waals surface area contributed by atoms with Gasteiger partial charge in [-0.25, -0.2) is 0 Å². The average molecular weight is 234 g/mol. The van der Waals surface area contributed by atoms with Gasteiger partial charge >= 0.3 is 0 Å². The summed E-state index contributed by atoms with van der Waals surface area (Å²) >= 11 is 0. The van der Waals surface area contributed by atoms with Gasteiger partial charge in [-0.05, 0) is 37.9 Å². The van der Waals surface area contributed by atoms with Gasteiger partial charge in [0.15, 0.2) is 0 Å². The van der Waals surface area contributed by atoms with Crippen LogP contribution in [-0.2, 0) is 11.2 Å². The summed E-state index contributed by atoms with van der Waals surface area (Å²) in [4.78, 5) is 11.9. The van der Waals surface area contributed by atoms with E-state index in [2.05, 4.69) is 5.32 Å². The van der Waals surface area contributed by atoms with E-state index in [0.29, 0.717) is 13.2 Å². The molecule has 0 bridgehead atoms. The van der Waals surface area contributed by atoms with E-state index in [1.807, 2.05) is 25.1 Å². The Morgan fingerprint density at radius 1 is 1.53 bits per heavy atom. The summed E-state index contributed by atoms with van der Waals surface area (Å²) < 4.78 is 5.51. The minimum Gasteiger partial charge on any atom is -0.492 e. The molecule has 1 aliphatic rings. The molecule has 0 saturated carbocycles. The van der Waals surface area contributed by atoms with Crippen LogP contribution in [0.3, 0.4) is 0 Å². The van der Waals surface area contributed by atoms with Gasteiger partial charge < -0.3 is 15.8 Å². The fraction of sp³-hybridized carbons (Fsp3) is 0.462. The number of rotatable bonds is 4. The van der Waals surface area contributed by atoms with E-state index in [-0.39, 0.29) is 11.8 Å². The maximum atomic E-state index is 11.9. The number of anilines is 1. The SMILES string of the molecule is CCOc1cccc2c1NC(=O)C(CCN)C2. The molecule has 1 amide bonds. The number of fused-ring (bicyclic) bond motifs is 1. The average Bonchev–Trinajstić information content (AvgIpc) is 2.32. The Morgan fingerprint density at radius 2 is 2.35 bits per heavy atom. The largest absolute Gasteiger partial charge is 0.492 e. The third-order valence-electron chi connectivity index (χ3n) is 3.01. The Balaban J connectivity index is 2.27. The first kappa shape index (κ1) is 11.9. The molecule has 1 aromatic carbocycles. The van der Waals surface area contributed by atoms with Gasteiger partial charge in [0, 0.05) is 5.92 Å². The van der Waals surface area contributed by atoms with Gasteiger partial charge in [0.25, 0.3) is 0 Å². The van der Waals surface area contributed by atoms with Gasteiger partial charge in [-0.15, -0.1) is 0 Å². The van der Waals surface area contributed by atoms with Crippen LogP contribution in [0.4, 0.5) is 5.69 Å². The second kappa shape index (κ2) is 5.19. The molecule has 1 heterocycles. The lowest BCUT2D eigenvalue weighted by Gasteiger charge is -2.25. The number of nitrogens with two attached hydrogens (primary N) is 1. The van der Waals surface area contributed by atoms with E-state index in [4.69, 9.17) is 10.5 Å². The van der Waals surface area contributed by atoms with E-state index < -0.39 is 0 Å². The normalized spacial score (nSPS) is 18.5. The summed E-state index contributed by atoms with van der Waals surface area (Å²) in [6, 6.07) is 5.87. The van der Waals surface area contributed by atoms with Gasteiger partial charge in [-0.3, -0.25) is 4.79 Å². The van der Waals surface area contributed by atoms with Crippen LogP contribution in [0.15, 0.2) is 18.2 Å². The fourth-order valence-corrected chi connectivity index (χ4v) is 2.18. The smallest absolute Gasteiger partial charge is 0.227 e. The number of amides is 1. The second-order valence-corrected chi connectivity index (χ2v) is 4.19. The van der Waals surface area contributed by atoms with Crippen LogP contribution < -0.4 is 15.8 Å². The number of carbonyl (C=O) groups is 1. The van der Waals surface area contributed by atoms with E-state index in [1.54, 1.807) is 0 Å². The quantitative estimate of drug-likeness (QED) is 0.830. The number of carbonyl (C=O) groups excluding carboxylic acids is 1. The monoisotopic (exact) mass is 234 g/mol. The topological polar surface area (TPSA) is 64.3 Å². The Hall–Kier alpha value is -1.55. The van der Waals surface area contributed by atoms with Gasteiger partial charge in [0.05, 0.1) is 12.3 Å². The third-order valence-corrected chi connectivity index (χ3v) is 3.01. The van der Waals surface area contributed by atoms with Crippen LogP contribution >= 0.6 is 0 Å². The first-order chi connectivity index (χ1) is 8.26. The van der Waals surface area contributed by atoms with E-state index in [9.17, 15) is 4.79 Å². The van der Waals surface area contributed by atoms with E-state index in [1.165, 1.54) is 0 Å². The molecule has 0 fully saturated rings. The molecule has 1 aromatic rings. The Kier molecular flexibility index (Phi) is 3.64. The summed E-state index contributed by atoms with van der Waals surface area (Å²) in [5, 5.41) is 2.93. The molecule has 0 radical (unpaired) electrons. The predicted octanol–water partition coefficient (Wildman–Crippen LogP) is 1.54. The number of benzene rings is 1. The molecular weight excluding hydrogens is 216 g/mol. The number of hydrogen-bond donors (Lipinski definition) is 2. The van der Waals surface area contributed by atoms with Crippen LogP contribution in [0, 0.1) is 5.92 Å². The molecule has 0 aromatic heterocycles. The first-order valence-electron chi connectivity index (χ1n) is 6.02. The summed E-state index contributed by atoms with van der Waals surface area (Å²) in [6.45, 7) is 3.07. The van der Waals surface area contributed by atoms with Crippen molar-refractivity contribution in [3.8, 4) is 5.75 Å². The van der Waals surface area contributed by atoms with Crippen LogP contribution in [0.25, 0.3) is 0 Å². The van der Waals surface area contributed by atoms with E-state index >= 15 is 0 Å². The van der Waals surface area contributed by atoms with Crippen LogP contribution in [-0.4, -0.2) is 19.1 Å². The zero-order valence-corrected chi connectivity index (χ0v) is 10.0. The first-order valence-corrected chi connectivity index (χ1v) is 6.02. The van der Waals surface area contributed by atoms with Crippen molar-refractivity contribution < 1.29 is 9.53 Å². The second-order valence-electron chi connectivity index (χ2n) is 4.19. The summed E-state index contributed by atoms with van der Waals surface area (Å²) in [5.74, 6) is 0.795. The molecule has 4 heteroatoms. The van der Waals surface area contributed by atoms with Gasteiger partial charge in [-0.2, -0.15) is 0 Å². The van der Waals surface area contributed by atoms with Crippen LogP contribution in [0.2, 0.25) is 0 Å². The molecule has 4 nitrogen and oxygen atoms in total. The van der Waals surface area contributed by atoms with Crippen molar-refractivity contribution in [2.75, 3.05) is 18.5 Å². The van der Waals surface area contributed by atoms with Crippen molar-refractivity contribution in [2.45, 2.75) is 19.8 Å². The minimum atomic E-state index is -0.00984. The molecule has 0 spiro atoms. The van der Waals surface area contributed by atoms with Crippen LogP contribution in [0.1, 0.15) is 18.9 Å². The third kappa shape index (κ3) is 2.42. The van der Waals surface area contributed by atoms with Gasteiger partial charge in [0.2, 0.25) is 5.91 Å². The molecule has 1 unspecified atom stereocenters. The van der Waals surface area contributed by atoms with Gasteiger partial charge in [-0.1, -0.05) is 12.1 Å². The van der Waals surface area contributed by atoms with E-state index in [0.717, 1.165) is 29.8 Å². The molecule has 92 valence electrons. The highest BCUT2D eigenvalue weighted by atomic mass is 16.5. The molecule has 0 aliphatic carbocycles. The van der Waals surface area contributed by atoms with Crippen molar-refractivity contribution in [1.29, 1.82) is 0 Å². The maximum Gasteiger partial charge on any atom is 0.227 e. The highest BCUT2D eigenvalue weighted by Gasteiger charge is 2.27. The van der Waals surface area contributed by atoms with Crippen molar-refractivity contribution in [1.82, 2.24) is 0 Å². The van der Waals surface area contributed by atoms with Crippen molar-refractivity contribution >= 4 is 11.6 Å². The lowest BCUT2D eigenvalue weighted by Crippen LogP contribution is -2.31. The van der Waals surface area contributed by atoms with Crippen LogP contribution in [0.5, 0.6) is 5.75 Å². The molecule has 17 heavy (non-hydrogen) atoms. The zero-order valence-electron chi connectivity index (χ0n) is 10.0. The Morgan fingerprint density at radius 3 is 3.06 bits per heavy atom. The summed E-state index contributed by atoms with van der Waals surface area (Å²) in [5.41, 5.74) is 7.47. The number of nitrogens with one attached hydrogen (secondary N) is 1. The molecule has 1 atom stereocenters. The molecule has 0 saturated heterocycles. The lowest BCUT2D eigenvalue weighted by molar-refractivity contribution is -0.120. The highest BCUT2D eigenvalue weighted by molar-refractivity contribution is 5.97. The summed E-state index contributed by atoms with van der Waals surface area (Å²) in [7, 11) is 0. The zero-order chi connectivity index (χ0) is 12.3. The highest BCUT2D eigenvalue weighted by Crippen LogP contribution is 2.34. The molecule has 2 rings (SSSR count). The molecule has 3 N–H and O–H groups in total. The van der Waals surface area contributed by atoms with Gasteiger partial charge in [0.1, 0.15) is 5.75 Å². The number of ether oxygens (including phenoxy) is 1. The lowest BCUT2D eigenvalue weighted by atomic mass is 9.90. The fourth-order valence-electron chi connectivity index (χ4n) is 2.18. The Bertz CT molecular complexity index is 418. The summed E-state index contributed by atoms with van der Waals surface area (Å²) in [6.07, 6.45) is 1.48. The predicted molar refractivity (Wildman–Crippen MR) is 67.1 cm³/mol. The molecular formula is C13H18N2O2. The van der Waals surface area contributed by atoms with Crippen molar-refractivity contribution in [3.05, 3.63) is 23.8 Å². The van der Waals surface area contributed by atoms with Crippen molar-refractivity contribution in [2.24, 2.45) is 11.7 Å². The Labute approximate surface area is 101 Å². The maximum absolute atomic E-state index is 11.9.